The molecule has 1 fully saturated rings. The summed E-state index contributed by atoms with van der Waals surface area (Å²) in [7, 11) is -8.04. The number of benzene rings is 2. The van der Waals surface area contributed by atoms with Gasteiger partial charge in [-0.2, -0.15) is 16.8 Å². The lowest BCUT2D eigenvalue weighted by atomic mass is 10.1. The zero-order valence-corrected chi connectivity index (χ0v) is 20.8. The van der Waals surface area contributed by atoms with Crippen molar-refractivity contribution >= 4 is 67.0 Å². The van der Waals surface area contributed by atoms with Crippen molar-refractivity contribution in [3.63, 3.8) is 0 Å². The fourth-order valence-corrected chi connectivity index (χ4v) is 4.74. The molecule has 14 heteroatoms. The van der Waals surface area contributed by atoms with Crippen molar-refractivity contribution in [1.29, 1.82) is 0 Å². The van der Waals surface area contributed by atoms with E-state index in [0.29, 0.717) is 10.8 Å². The highest BCUT2D eigenvalue weighted by atomic mass is 32.2. The van der Waals surface area contributed by atoms with Crippen LogP contribution < -0.4 is 16.0 Å². The van der Waals surface area contributed by atoms with E-state index >= 15 is 0 Å². The predicted molar refractivity (Wildman–Crippen MR) is 134 cm³/mol. The van der Waals surface area contributed by atoms with Gasteiger partial charge in [0.25, 0.3) is 20.2 Å². The van der Waals surface area contributed by atoms with Gasteiger partial charge in [-0.3, -0.25) is 13.9 Å². The van der Waals surface area contributed by atoms with Crippen molar-refractivity contribution < 1.29 is 35.5 Å². The van der Waals surface area contributed by atoms with Gasteiger partial charge in [0.05, 0.1) is 0 Å². The maximum atomic E-state index is 12.0. The zero-order valence-electron chi connectivity index (χ0n) is 18.4. The van der Waals surface area contributed by atoms with E-state index in [1.54, 1.807) is 0 Å². The van der Waals surface area contributed by atoms with Gasteiger partial charge in [0.2, 0.25) is 5.91 Å². The number of carbonyl (C=O) groups excluding carboxylic acids is 1. The quantitative estimate of drug-likeness (QED) is 0.179. The van der Waals surface area contributed by atoms with Gasteiger partial charge in [-0.05, 0) is 60.5 Å². The highest BCUT2D eigenvalue weighted by Gasteiger charge is 2.22. The number of methoxy groups -OCH3 is 1. The maximum absolute atomic E-state index is 12.0. The molecule has 0 heterocycles. The molecule has 2 aromatic rings. The molecule has 1 amide bonds. The summed E-state index contributed by atoms with van der Waals surface area (Å²) >= 11 is 5.18. The van der Waals surface area contributed by atoms with Crippen LogP contribution >= 0.6 is 12.2 Å². The van der Waals surface area contributed by atoms with Crippen LogP contribution in [-0.4, -0.2) is 56.7 Å². The van der Waals surface area contributed by atoms with Gasteiger partial charge >= 0.3 is 0 Å². The van der Waals surface area contributed by atoms with Crippen LogP contribution in [0.15, 0.2) is 46.2 Å². The van der Waals surface area contributed by atoms with Crippen LogP contribution in [-0.2, 0) is 29.8 Å². The second-order valence-corrected chi connectivity index (χ2v) is 10.8. The van der Waals surface area contributed by atoms with Crippen LogP contribution in [0.5, 0.6) is 0 Å². The Morgan fingerprint density at radius 1 is 0.971 bits per heavy atom. The summed E-state index contributed by atoms with van der Waals surface area (Å²) in [4.78, 5) is 10.7. The molecule has 1 aliphatic carbocycles. The Labute approximate surface area is 208 Å². The molecule has 1 saturated carbocycles. The maximum Gasteiger partial charge on any atom is 0.295 e. The van der Waals surface area contributed by atoms with Gasteiger partial charge in [0.1, 0.15) is 16.4 Å². The average Bonchev–Trinajstić information content (AvgIpc) is 3.56. The van der Waals surface area contributed by atoms with Crippen molar-refractivity contribution in [3.05, 3.63) is 47.5 Å². The fourth-order valence-electron chi connectivity index (χ4n) is 3.03. The lowest BCUT2D eigenvalue weighted by molar-refractivity contribution is -0.119. The molecule has 35 heavy (non-hydrogen) atoms. The first kappa shape index (κ1) is 26.7. The Balaban J connectivity index is 1.92. The molecule has 188 valence electrons. The van der Waals surface area contributed by atoms with Crippen molar-refractivity contribution in [2.24, 2.45) is 0 Å². The second kappa shape index (κ2) is 10.8. The number of ether oxygens (including phenoxy) is 1. The third-order valence-corrected chi connectivity index (χ3v) is 6.79. The first-order chi connectivity index (χ1) is 16.4. The van der Waals surface area contributed by atoms with E-state index in [1.165, 1.54) is 49.6 Å². The van der Waals surface area contributed by atoms with E-state index in [1.807, 2.05) is 0 Å². The van der Waals surface area contributed by atoms with E-state index in [-0.39, 0.29) is 29.5 Å². The van der Waals surface area contributed by atoms with E-state index in [0.717, 1.165) is 18.9 Å². The molecule has 0 radical (unpaired) electrons. The van der Waals surface area contributed by atoms with Gasteiger partial charge < -0.3 is 20.7 Å². The molecule has 3 rings (SSSR count). The average molecular weight is 542 g/mol. The van der Waals surface area contributed by atoms with Crippen LogP contribution in [0.3, 0.4) is 0 Å². The number of anilines is 2. The Morgan fingerprint density at radius 2 is 1.46 bits per heavy atom. The fraction of sp³-hybridized carbons (Fsp3) is 0.238. The van der Waals surface area contributed by atoms with Crippen LogP contribution in [0.1, 0.15) is 24.0 Å². The summed E-state index contributed by atoms with van der Waals surface area (Å²) in [5.74, 6) is -0.532. The van der Waals surface area contributed by atoms with Crippen LogP contribution in [0.25, 0.3) is 12.2 Å². The summed E-state index contributed by atoms with van der Waals surface area (Å²) in [6.45, 7) is -0.256. The Kier molecular flexibility index (Phi) is 8.25. The normalized spacial score (nSPS) is 14.0. The molecular formula is C21H23N3O8S3. The number of carbonyl (C=O) groups is 1. The van der Waals surface area contributed by atoms with Crippen molar-refractivity contribution in [2.75, 3.05) is 24.4 Å². The summed E-state index contributed by atoms with van der Waals surface area (Å²) in [6, 6.07) is 8.16. The number of hydrogen-bond donors (Lipinski definition) is 5. The minimum absolute atomic E-state index is 0.00976. The van der Waals surface area contributed by atoms with Crippen molar-refractivity contribution in [2.45, 2.75) is 28.7 Å². The van der Waals surface area contributed by atoms with E-state index in [2.05, 4.69) is 16.0 Å². The number of rotatable bonds is 9. The molecule has 0 atom stereocenters. The van der Waals surface area contributed by atoms with Gasteiger partial charge in [0, 0.05) is 24.5 Å². The molecule has 0 bridgehead atoms. The third kappa shape index (κ3) is 7.81. The molecule has 0 aromatic heterocycles. The number of hydrogen-bond acceptors (Lipinski definition) is 7. The molecule has 0 spiro atoms. The van der Waals surface area contributed by atoms with Gasteiger partial charge in [-0.15, -0.1) is 0 Å². The lowest BCUT2D eigenvalue weighted by Gasteiger charge is -2.12. The summed E-state index contributed by atoms with van der Waals surface area (Å²) in [6.07, 6.45) is 4.50. The lowest BCUT2D eigenvalue weighted by Crippen LogP contribution is -2.30. The Bertz CT molecular complexity index is 1380. The van der Waals surface area contributed by atoms with E-state index in [4.69, 9.17) is 17.0 Å². The smallest absolute Gasteiger partial charge is 0.295 e. The first-order valence-electron chi connectivity index (χ1n) is 10.1. The molecule has 1 aliphatic rings. The molecule has 0 saturated heterocycles. The molecule has 2 aromatic carbocycles. The zero-order chi connectivity index (χ0) is 25.8. The van der Waals surface area contributed by atoms with Crippen LogP contribution in [0.4, 0.5) is 11.4 Å². The summed E-state index contributed by atoms with van der Waals surface area (Å²) in [5.41, 5.74) is 0.484. The van der Waals surface area contributed by atoms with E-state index in [9.17, 15) is 30.7 Å². The Hall–Kier alpha value is -2.88. The second-order valence-electron chi connectivity index (χ2n) is 7.64. The minimum atomic E-state index is -4.70. The highest BCUT2D eigenvalue weighted by Crippen LogP contribution is 2.26. The van der Waals surface area contributed by atoms with Crippen molar-refractivity contribution in [1.82, 2.24) is 5.32 Å². The molecule has 0 unspecified atom stereocenters. The predicted octanol–water partition coefficient (Wildman–Crippen LogP) is 2.38. The van der Waals surface area contributed by atoms with Crippen LogP contribution in [0, 0.1) is 0 Å². The minimum Gasteiger partial charge on any atom is -0.375 e. The monoisotopic (exact) mass is 541 g/mol. The summed E-state index contributed by atoms with van der Waals surface area (Å²) < 4.78 is 71.8. The highest BCUT2D eigenvalue weighted by molar-refractivity contribution is 7.86. The summed E-state index contributed by atoms with van der Waals surface area (Å²) in [5, 5.41) is 8.63. The first-order valence-corrected chi connectivity index (χ1v) is 13.4. The van der Waals surface area contributed by atoms with Crippen molar-refractivity contribution in [3.8, 4) is 0 Å². The Morgan fingerprint density at radius 3 is 1.89 bits per heavy atom. The number of thiocarbonyl (C=S) groups is 1. The molecule has 11 nitrogen and oxygen atoms in total. The van der Waals surface area contributed by atoms with Gasteiger partial charge in [-0.1, -0.05) is 24.3 Å². The van der Waals surface area contributed by atoms with E-state index < -0.39 is 35.9 Å². The topological polar surface area (TPSA) is 171 Å². The SMILES string of the molecule is COCC(=O)Nc1ccc(C=Cc2ccc(NC(=S)NC3CC3)cc2S(=O)(=O)O)c(S(=O)(=O)O)c1. The molecule has 0 aliphatic heterocycles. The van der Waals surface area contributed by atoms with Crippen LogP contribution in [0.2, 0.25) is 0 Å². The molecular weight excluding hydrogens is 518 g/mol. The standard InChI is InChI=1S/C21H23N3O8S3/c1-32-12-20(25)22-16-6-4-13(18(10-16)34(26,27)28)2-3-14-5-7-17(11-19(14)35(29,30)31)24-21(33)23-15-8-9-15/h2-7,10-11,15H,8-9,12H2,1H3,(H,22,25)(H2,23,24,33)(H,26,27,28)(H,29,30,31). The molecule has 5 N–H and O–H groups in total. The number of nitrogens with one attached hydrogen (secondary N) is 3. The van der Waals surface area contributed by atoms with Gasteiger partial charge in [-0.25, -0.2) is 0 Å². The third-order valence-electron chi connectivity index (χ3n) is 4.76. The largest absolute Gasteiger partial charge is 0.375 e. The van der Waals surface area contributed by atoms with Gasteiger partial charge in [0.15, 0.2) is 5.11 Å². The number of amides is 1.